The van der Waals surface area contributed by atoms with Crippen molar-refractivity contribution in [2.24, 2.45) is 0 Å². The molecule has 1 aliphatic carbocycles. The maximum atomic E-state index is 13.8. The van der Waals surface area contributed by atoms with Crippen LogP contribution >= 0.6 is 0 Å². The van der Waals surface area contributed by atoms with Crippen LogP contribution in [0.25, 0.3) is 0 Å². The predicted octanol–water partition coefficient (Wildman–Crippen LogP) is 5.52. The molecular weight excluding hydrogens is 574 g/mol. The fourth-order valence-corrected chi connectivity index (χ4v) is 7.33. The number of benzene rings is 2. The maximum Gasteiger partial charge on any atom is 0.294 e. The Labute approximate surface area is 262 Å². The van der Waals surface area contributed by atoms with Gasteiger partial charge in [-0.2, -0.15) is 13.0 Å². The molecule has 2 aromatic carbocycles. The van der Waals surface area contributed by atoms with E-state index >= 15 is 0 Å². The molecule has 44 heavy (non-hydrogen) atoms. The van der Waals surface area contributed by atoms with Crippen molar-refractivity contribution in [3.8, 4) is 0 Å². The Hall–Kier alpha value is -3.53. The van der Waals surface area contributed by atoms with Crippen molar-refractivity contribution in [3.63, 3.8) is 0 Å². The van der Waals surface area contributed by atoms with Crippen molar-refractivity contribution in [2.45, 2.75) is 56.3 Å². The Kier molecular flexibility index (Phi) is 7.84. The van der Waals surface area contributed by atoms with Crippen LogP contribution in [0.1, 0.15) is 51.7 Å². The lowest BCUT2D eigenvalue weighted by molar-refractivity contribution is -0.870. The zero-order valence-corrected chi connectivity index (χ0v) is 28.2. The molecule has 0 fully saturated rings. The molecule has 0 spiro atoms. The maximum absolute atomic E-state index is 13.8. The fraction of sp³-hybridized carbons (Fsp3) is 0.429. The number of Topliss-reactive ketones (excluding diaryl/α,β-unsaturated/α-hetero) is 1. The van der Waals surface area contributed by atoms with Crippen LogP contribution in [0, 0.1) is 0 Å². The van der Waals surface area contributed by atoms with Crippen LogP contribution in [-0.2, 0) is 30.5 Å². The van der Waals surface area contributed by atoms with E-state index in [0.717, 1.165) is 53.1 Å². The van der Waals surface area contributed by atoms with Gasteiger partial charge in [-0.15, -0.1) is 0 Å². The van der Waals surface area contributed by atoms with Crippen LogP contribution in [-0.4, -0.2) is 81.9 Å². The highest BCUT2D eigenvalue weighted by molar-refractivity contribution is 7.85. The summed E-state index contributed by atoms with van der Waals surface area (Å²) in [6.07, 6.45) is 6.00. The van der Waals surface area contributed by atoms with Gasteiger partial charge in [0.1, 0.15) is 12.8 Å². The average Bonchev–Trinajstić information content (AvgIpc) is 3.27. The number of rotatable bonds is 9. The first kappa shape index (κ1) is 31.9. The third-order valence-corrected chi connectivity index (χ3v) is 10.2. The summed E-state index contributed by atoms with van der Waals surface area (Å²) in [4.78, 5) is 16.0. The molecule has 0 bridgehead atoms. The van der Waals surface area contributed by atoms with E-state index < -0.39 is 15.5 Å². The lowest BCUT2D eigenvalue weighted by Crippen LogP contribution is -2.36. The normalized spacial score (nSPS) is 20.9. The number of unbranched alkanes of at least 4 members (excludes halogenated alkanes) is 1. The first-order valence-corrected chi connectivity index (χ1v) is 16.5. The first-order chi connectivity index (χ1) is 20.4. The monoisotopic (exact) mass is 619 g/mol. The van der Waals surface area contributed by atoms with Crippen LogP contribution < -0.4 is 4.90 Å². The highest BCUT2D eigenvalue weighted by Gasteiger charge is 2.47. The molecule has 0 amide bonds. The molecule has 0 unspecified atom stereocenters. The molecule has 0 radical (unpaired) electrons. The van der Waals surface area contributed by atoms with Crippen LogP contribution in [0.3, 0.4) is 0 Å². The second kappa shape index (κ2) is 10.8. The van der Waals surface area contributed by atoms with E-state index in [2.05, 4.69) is 64.2 Å². The summed E-state index contributed by atoms with van der Waals surface area (Å²) in [6.45, 7) is 10.3. The number of hydrogen-bond acceptors (Lipinski definition) is 5. The van der Waals surface area contributed by atoms with Gasteiger partial charge in [-0.1, -0.05) is 32.0 Å². The van der Waals surface area contributed by atoms with E-state index in [1.807, 2.05) is 37.6 Å². The highest BCUT2D eigenvalue weighted by Crippen LogP contribution is 2.49. The number of allylic oxidation sites excluding steroid dienone is 5. The van der Waals surface area contributed by atoms with E-state index in [4.69, 9.17) is 4.74 Å². The summed E-state index contributed by atoms with van der Waals surface area (Å²) in [7, 11) is 5.77. The summed E-state index contributed by atoms with van der Waals surface area (Å²) >= 11 is 0. The van der Waals surface area contributed by atoms with Crippen molar-refractivity contribution in [3.05, 3.63) is 88.3 Å². The van der Waals surface area contributed by atoms with Crippen molar-refractivity contribution >= 4 is 33.0 Å². The quantitative estimate of drug-likeness (QED) is 0.131. The molecule has 2 aromatic rings. The summed E-state index contributed by atoms with van der Waals surface area (Å²) in [5.41, 5.74) is 6.03. The van der Waals surface area contributed by atoms with E-state index in [1.165, 1.54) is 23.4 Å². The Morgan fingerprint density at radius 3 is 2.30 bits per heavy atom. The molecule has 5 rings (SSSR count). The molecule has 3 aliphatic rings. The SMILES string of the molecule is COC1=C(/C=C2/N(CCCC[N+](C)(C)C)c3ccccc3C2(C)C)C(=O)/C1=C\C1=[N+](C)c2ccc(S(=O)(=O)O)cc2C1(C)C. The Morgan fingerprint density at radius 2 is 1.66 bits per heavy atom. The standard InChI is InChI=1S/C35H44N3O5S/c1-34(2)26-14-10-11-15-29(26)37(18-12-13-19-38(6,7)8)31(34)22-25-32(39)24(33(25)43-9)21-30-35(3,4)27-20-23(44(40,41)42)16-17-28(27)36(30)5/h10-11,14-17,20-22H,12-13,18-19H2,1-9H3/q+1/p+1. The number of anilines is 1. The van der Waals surface area contributed by atoms with Crippen molar-refractivity contribution in [1.29, 1.82) is 0 Å². The predicted molar refractivity (Wildman–Crippen MR) is 174 cm³/mol. The number of nitrogens with zero attached hydrogens (tertiary/aromatic N) is 3. The second-order valence-corrected chi connectivity index (χ2v) is 15.5. The third-order valence-electron chi connectivity index (χ3n) is 9.31. The third kappa shape index (κ3) is 5.35. The van der Waals surface area contributed by atoms with Gasteiger partial charge in [-0.05, 0) is 56.5 Å². The summed E-state index contributed by atoms with van der Waals surface area (Å²) < 4.78 is 42.0. The van der Waals surface area contributed by atoms with Crippen molar-refractivity contribution in [1.82, 2.24) is 0 Å². The van der Waals surface area contributed by atoms with Crippen LogP contribution in [0.2, 0.25) is 0 Å². The number of ketones is 1. The molecular formula is C35H45N3O5S+2. The number of para-hydroxylation sites is 1. The lowest BCUT2D eigenvalue weighted by Gasteiger charge is -2.30. The van der Waals surface area contributed by atoms with Crippen LogP contribution in [0.4, 0.5) is 11.4 Å². The molecule has 2 heterocycles. The van der Waals surface area contributed by atoms with Gasteiger partial charge in [0.2, 0.25) is 11.5 Å². The molecule has 1 N–H and O–H groups in total. The molecule has 234 valence electrons. The smallest absolute Gasteiger partial charge is 0.294 e. The molecule has 0 aromatic heterocycles. The number of methoxy groups -OCH3 is 1. The molecule has 8 nitrogen and oxygen atoms in total. The number of carbonyl (C=O) groups excluding carboxylic acids is 1. The topological polar surface area (TPSA) is 86.9 Å². The second-order valence-electron chi connectivity index (χ2n) is 14.1. The number of hydrogen-bond donors (Lipinski definition) is 1. The van der Waals surface area contributed by atoms with Gasteiger partial charge in [0.15, 0.2) is 5.71 Å². The van der Waals surface area contributed by atoms with Gasteiger partial charge in [0, 0.05) is 41.1 Å². The minimum atomic E-state index is -4.35. The van der Waals surface area contributed by atoms with E-state index in [1.54, 1.807) is 13.2 Å². The van der Waals surface area contributed by atoms with Gasteiger partial charge in [0.25, 0.3) is 10.1 Å². The minimum absolute atomic E-state index is 0.0858. The summed E-state index contributed by atoms with van der Waals surface area (Å²) in [6, 6.07) is 13.1. The van der Waals surface area contributed by atoms with E-state index in [0.29, 0.717) is 16.9 Å². The Morgan fingerprint density at radius 1 is 0.977 bits per heavy atom. The fourth-order valence-electron chi connectivity index (χ4n) is 6.82. The van der Waals surface area contributed by atoms with Gasteiger partial charge in [0.05, 0.1) is 56.3 Å². The van der Waals surface area contributed by atoms with Crippen LogP contribution in [0.15, 0.2) is 82.1 Å². The molecule has 9 heteroatoms. The van der Waals surface area contributed by atoms with Gasteiger partial charge < -0.3 is 14.1 Å². The Balaban J connectivity index is 1.52. The number of carbonyl (C=O) groups is 1. The summed E-state index contributed by atoms with van der Waals surface area (Å²) in [5, 5.41) is 0. The Bertz CT molecular complexity index is 1790. The first-order valence-electron chi connectivity index (χ1n) is 15.1. The molecule has 0 saturated heterocycles. The lowest BCUT2D eigenvalue weighted by atomic mass is 9.77. The van der Waals surface area contributed by atoms with Crippen LogP contribution in [0.5, 0.6) is 0 Å². The number of quaternary nitrogens is 1. The summed E-state index contributed by atoms with van der Waals surface area (Å²) in [5.74, 6) is 0.461. The molecule has 0 atom stereocenters. The van der Waals surface area contributed by atoms with Gasteiger partial charge in [-0.25, -0.2) is 0 Å². The van der Waals surface area contributed by atoms with Gasteiger partial charge in [-0.3, -0.25) is 9.35 Å². The zero-order valence-electron chi connectivity index (χ0n) is 27.4. The van der Waals surface area contributed by atoms with Crippen molar-refractivity contribution < 1.29 is 31.6 Å². The van der Waals surface area contributed by atoms with E-state index in [9.17, 15) is 17.8 Å². The molecule has 2 aliphatic heterocycles. The highest BCUT2D eigenvalue weighted by atomic mass is 32.2. The zero-order chi connectivity index (χ0) is 32.4. The number of fused-ring (bicyclic) bond motifs is 2. The minimum Gasteiger partial charge on any atom is -0.495 e. The van der Waals surface area contributed by atoms with E-state index in [-0.39, 0.29) is 16.1 Å². The van der Waals surface area contributed by atoms with Gasteiger partial charge >= 0.3 is 0 Å². The number of ether oxygens (including phenoxy) is 1. The largest absolute Gasteiger partial charge is 0.495 e. The average molecular weight is 620 g/mol. The molecule has 0 saturated carbocycles. The van der Waals surface area contributed by atoms with Crippen molar-refractivity contribution in [2.75, 3.05) is 53.3 Å².